The summed E-state index contributed by atoms with van der Waals surface area (Å²) < 4.78 is 1.93. The number of nitrogens with zero attached hydrogens (tertiary/aromatic N) is 2. The molecular formula is C10H17N3. The molecule has 3 heteroatoms. The first-order chi connectivity index (χ1) is 6.31. The van der Waals surface area contributed by atoms with Gasteiger partial charge < -0.3 is 5.73 Å². The molecule has 1 aliphatic rings. The molecule has 1 aliphatic carbocycles. The van der Waals surface area contributed by atoms with E-state index in [2.05, 4.69) is 12.0 Å². The third-order valence-electron chi connectivity index (χ3n) is 2.89. The van der Waals surface area contributed by atoms with Crippen LogP contribution in [0.4, 0.5) is 5.69 Å². The van der Waals surface area contributed by atoms with Crippen molar-refractivity contribution in [3.63, 3.8) is 0 Å². The Balaban J connectivity index is 2.22. The summed E-state index contributed by atoms with van der Waals surface area (Å²) in [6.45, 7) is 3.00. The number of aromatic nitrogens is 2. The van der Waals surface area contributed by atoms with Gasteiger partial charge in [-0.25, -0.2) is 0 Å². The number of aryl methyl sites for hydroxylation is 1. The Kier molecular flexibility index (Phi) is 2.25. The monoisotopic (exact) mass is 179 g/mol. The highest BCUT2D eigenvalue weighted by Gasteiger charge is 2.21. The van der Waals surface area contributed by atoms with E-state index in [9.17, 15) is 0 Å². The maximum absolute atomic E-state index is 5.91. The summed E-state index contributed by atoms with van der Waals surface area (Å²) in [6, 6.07) is 0. The minimum atomic E-state index is 0.632. The van der Waals surface area contributed by atoms with Crippen LogP contribution in [0, 0.1) is 0 Å². The normalized spacial score (nSPS) is 18.2. The number of hydrogen-bond acceptors (Lipinski definition) is 2. The highest BCUT2D eigenvalue weighted by molar-refractivity contribution is 5.43. The molecular weight excluding hydrogens is 162 g/mol. The van der Waals surface area contributed by atoms with Crippen LogP contribution in [0.1, 0.15) is 44.2 Å². The van der Waals surface area contributed by atoms with Gasteiger partial charge in [-0.3, -0.25) is 4.68 Å². The summed E-state index contributed by atoms with van der Waals surface area (Å²) in [5.74, 6) is 0.632. The van der Waals surface area contributed by atoms with Crippen molar-refractivity contribution in [1.29, 1.82) is 0 Å². The SMILES string of the molecule is CCn1cc(N)c(C2CCCC2)n1. The van der Waals surface area contributed by atoms with Gasteiger partial charge in [0.05, 0.1) is 11.4 Å². The molecule has 2 rings (SSSR count). The molecule has 1 saturated carbocycles. The molecule has 2 N–H and O–H groups in total. The number of hydrogen-bond donors (Lipinski definition) is 1. The molecule has 0 bridgehead atoms. The Hall–Kier alpha value is -0.990. The fourth-order valence-electron chi connectivity index (χ4n) is 2.13. The lowest BCUT2D eigenvalue weighted by Gasteiger charge is -2.05. The predicted molar refractivity (Wildman–Crippen MR) is 53.5 cm³/mol. The van der Waals surface area contributed by atoms with Gasteiger partial charge in [0.25, 0.3) is 0 Å². The van der Waals surface area contributed by atoms with Crippen LogP contribution in [0.2, 0.25) is 0 Å². The third kappa shape index (κ3) is 1.55. The van der Waals surface area contributed by atoms with E-state index in [1.54, 1.807) is 0 Å². The molecule has 0 radical (unpaired) electrons. The zero-order valence-electron chi connectivity index (χ0n) is 8.16. The van der Waals surface area contributed by atoms with Crippen LogP contribution in [0.25, 0.3) is 0 Å². The second-order valence-electron chi connectivity index (χ2n) is 3.81. The first-order valence-corrected chi connectivity index (χ1v) is 5.14. The number of anilines is 1. The molecule has 0 spiro atoms. The summed E-state index contributed by atoms with van der Waals surface area (Å²) in [7, 11) is 0. The molecule has 3 nitrogen and oxygen atoms in total. The smallest absolute Gasteiger partial charge is 0.0884 e. The van der Waals surface area contributed by atoms with Crippen LogP contribution in [-0.2, 0) is 6.54 Å². The van der Waals surface area contributed by atoms with Crippen molar-refractivity contribution in [2.45, 2.75) is 45.1 Å². The number of nitrogens with two attached hydrogens (primary N) is 1. The van der Waals surface area contributed by atoms with Gasteiger partial charge in [0.15, 0.2) is 0 Å². The highest BCUT2D eigenvalue weighted by atomic mass is 15.3. The van der Waals surface area contributed by atoms with Crippen molar-refractivity contribution in [1.82, 2.24) is 9.78 Å². The third-order valence-corrected chi connectivity index (χ3v) is 2.89. The molecule has 1 heterocycles. The first-order valence-electron chi connectivity index (χ1n) is 5.14. The molecule has 0 unspecified atom stereocenters. The summed E-state index contributed by atoms with van der Waals surface area (Å²) in [5.41, 5.74) is 7.93. The summed E-state index contributed by atoms with van der Waals surface area (Å²) in [4.78, 5) is 0. The van der Waals surface area contributed by atoms with Crippen molar-refractivity contribution in [2.24, 2.45) is 0 Å². The summed E-state index contributed by atoms with van der Waals surface area (Å²) in [5, 5.41) is 4.50. The van der Waals surface area contributed by atoms with Crippen molar-refractivity contribution < 1.29 is 0 Å². The van der Waals surface area contributed by atoms with Gasteiger partial charge in [-0.15, -0.1) is 0 Å². The number of nitrogen functional groups attached to an aromatic ring is 1. The lowest BCUT2D eigenvalue weighted by atomic mass is 10.0. The fourth-order valence-corrected chi connectivity index (χ4v) is 2.13. The Labute approximate surface area is 78.9 Å². The summed E-state index contributed by atoms with van der Waals surface area (Å²) in [6.07, 6.45) is 7.16. The van der Waals surface area contributed by atoms with Crippen molar-refractivity contribution in [3.8, 4) is 0 Å². The van der Waals surface area contributed by atoms with E-state index in [0.717, 1.165) is 17.9 Å². The molecule has 0 aliphatic heterocycles. The lowest BCUT2D eigenvalue weighted by Crippen LogP contribution is -1.99. The predicted octanol–water partition coefficient (Wildman–Crippen LogP) is 2.14. The Morgan fingerprint density at radius 1 is 1.54 bits per heavy atom. The lowest BCUT2D eigenvalue weighted by molar-refractivity contribution is 0.614. The second-order valence-corrected chi connectivity index (χ2v) is 3.81. The van der Waals surface area contributed by atoms with Crippen LogP contribution in [0.5, 0.6) is 0 Å². The van der Waals surface area contributed by atoms with Crippen LogP contribution in [-0.4, -0.2) is 9.78 Å². The first kappa shape index (κ1) is 8.60. The van der Waals surface area contributed by atoms with E-state index < -0.39 is 0 Å². The highest BCUT2D eigenvalue weighted by Crippen LogP contribution is 2.35. The maximum atomic E-state index is 5.91. The molecule has 72 valence electrons. The van der Waals surface area contributed by atoms with E-state index in [0.29, 0.717) is 5.92 Å². The molecule has 1 fully saturated rings. The molecule has 0 atom stereocenters. The Bertz CT molecular complexity index is 284. The maximum Gasteiger partial charge on any atom is 0.0884 e. The number of rotatable bonds is 2. The van der Waals surface area contributed by atoms with Crippen molar-refractivity contribution in [3.05, 3.63) is 11.9 Å². The van der Waals surface area contributed by atoms with Crippen molar-refractivity contribution >= 4 is 5.69 Å². The standard InChI is InChI=1S/C10H17N3/c1-2-13-7-9(11)10(12-13)8-5-3-4-6-8/h7-8H,2-6,11H2,1H3. The largest absolute Gasteiger partial charge is 0.396 e. The van der Waals surface area contributed by atoms with Gasteiger partial charge in [0.1, 0.15) is 0 Å². The van der Waals surface area contributed by atoms with E-state index in [-0.39, 0.29) is 0 Å². The van der Waals surface area contributed by atoms with Crippen LogP contribution < -0.4 is 5.73 Å². The zero-order chi connectivity index (χ0) is 9.26. The second kappa shape index (κ2) is 3.40. The van der Waals surface area contributed by atoms with Gasteiger partial charge in [-0.2, -0.15) is 5.10 Å². The molecule has 1 aromatic heterocycles. The van der Waals surface area contributed by atoms with E-state index >= 15 is 0 Å². The van der Waals surface area contributed by atoms with Gasteiger partial charge in [-0.1, -0.05) is 12.8 Å². The minimum Gasteiger partial charge on any atom is -0.396 e. The van der Waals surface area contributed by atoms with Gasteiger partial charge in [-0.05, 0) is 19.8 Å². The van der Waals surface area contributed by atoms with E-state index in [1.807, 2.05) is 10.9 Å². The fraction of sp³-hybridized carbons (Fsp3) is 0.700. The molecule has 0 amide bonds. The molecule has 13 heavy (non-hydrogen) atoms. The van der Waals surface area contributed by atoms with Crippen LogP contribution >= 0.6 is 0 Å². The van der Waals surface area contributed by atoms with Crippen molar-refractivity contribution in [2.75, 3.05) is 5.73 Å². The van der Waals surface area contributed by atoms with E-state index in [1.165, 1.54) is 25.7 Å². The van der Waals surface area contributed by atoms with Gasteiger partial charge in [0, 0.05) is 18.7 Å². The minimum absolute atomic E-state index is 0.632. The molecule has 0 saturated heterocycles. The Morgan fingerprint density at radius 2 is 2.23 bits per heavy atom. The topological polar surface area (TPSA) is 43.8 Å². The molecule has 1 aromatic rings. The zero-order valence-corrected chi connectivity index (χ0v) is 8.16. The average molecular weight is 179 g/mol. The van der Waals surface area contributed by atoms with Crippen LogP contribution in [0.15, 0.2) is 6.20 Å². The van der Waals surface area contributed by atoms with Crippen LogP contribution in [0.3, 0.4) is 0 Å². The Morgan fingerprint density at radius 3 is 2.77 bits per heavy atom. The van der Waals surface area contributed by atoms with Gasteiger partial charge >= 0.3 is 0 Å². The van der Waals surface area contributed by atoms with Gasteiger partial charge in [0.2, 0.25) is 0 Å². The quantitative estimate of drug-likeness (QED) is 0.756. The average Bonchev–Trinajstić information content (AvgIpc) is 2.72. The summed E-state index contributed by atoms with van der Waals surface area (Å²) >= 11 is 0. The van der Waals surface area contributed by atoms with E-state index in [4.69, 9.17) is 5.73 Å². The molecule has 0 aromatic carbocycles.